The SMILES string of the molecule is CC1(CNCc2ccc(C#N)o2)CCCS1. The van der Waals surface area contributed by atoms with Gasteiger partial charge in [0.15, 0.2) is 0 Å². The molecule has 0 amide bonds. The first-order chi connectivity index (χ1) is 7.72. The summed E-state index contributed by atoms with van der Waals surface area (Å²) in [6.45, 7) is 4.01. The van der Waals surface area contributed by atoms with Gasteiger partial charge in [-0.2, -0.15) is 17.0 Å². The number of nitrogens with one attached hydrogen (secondary N) is 1. The number of thioether (sulfide) groups is 1. The number of hydrogen-bond acceptors (Lipinski definition) is 4. The summed E-state index contributed by atoms with van der Waals surface area (Å²) < 4.78 is 5.68. The van der Waals surface area contributed by atoms with E-state index in [0.717, 1.165) is 12.3 Å². The number of rotatable bonds is 4. The number of nitrogens with zero attached hydrogens (tertiary/aromatic N) is 1. The highest BCUT2D eigenvalue weighted by molar-refractivity contribution is 8.00. The van der Waals surface area contributed by atoms with E-state index in [0.29, 0.717) is 17.1 Å². The van der Waals surface area contributed by atoms with Crippen LogP contribution >= 0.6 is 11.8 Å². The van der Waals surface area contributed by atoms with Crippen LogP contribution in [0.5, 0.6) is 0 Å². The molecule has 0 aromatic carbocycles. The Bertz CT molecular complexity index is 388. The molecular weight excluding hydrogens is 220 g/mol. The first-order valence-electron chi connectivity index (χ1n) is 5.55. The Morgan fingerprint density at radius 2 is 2.50 bits per heavy atom. The average molecular weight is 236 g/mol. The summed E-state index contributed by atoms with van der Waals surface area (Å²) in [5.41, 5.74) is 0. The summed E-state index contributed by atoms with van der Waals surface area (Å²) in [5.74, 6) is 2.50. The van der Waals surface area contributed by atoms with Crippen LogP contribution in [0.3, 0.4) is 0 Å². The van der Waals surface area contributed by atoms with Gasteiger partial charge in [-0.15, -0.1) is 0 Å². The molecule has 1 aromatic heterocycles. The fourth-order valence-corrected chi connectivity index (χ4v) is 3.23. The Morgan fingerprint density at radius 3 is 3.12 bits per heavy atom. The minimum Gasteiger partial charge on any atom is -0.449 e. The van der Waals surface area contributed by atoms with Crippen molar-refractivity contribution in [3.8, 4) is 6.07 Å². The molecule has 1 aliphatic heterocycles. The van der Waals surface area contributed by atoms with E-state index in [-0.39, 0.29) is 0 Å². The molecule has 86 valence electrons. The zero-order valence-corrected chi connectivity index (χ0v) is 10.3. The third-order valence-corrected chi connectivity index (χ3v) is 4.41. The largest absolute Gasteiger partial charge is 0.449 e. The van der Waals surface area contributed by atoms with Gasteiger partial charge in [0, 0.05) is 11.3 Å². The van der Waals surface area contributed by atoms with Crippen molar-refractivity contribution in [2.45, 2.75) is 31.1 Å². The smallest absolute Gasteiger partial charge is 0.203 e. The molecule has 0 radical (unpaired) electrons. The van der Waals surface area contributed by atoms with E-state index < -0.39 is 0 Å². The van der Waals surface area contributed by atoms with Crippen molar-refractivity contribution >= 4 is 11.8 Å². The van der Waals surface area contributed by atoms with Crippen LogP contribution in [0.4, 0.5) is 0 Å². The zero-order valence-electron chi connectivity index (χ0n) is 9.45. The highest BCUT2D eigenvalue weighted by atomic mass is 32.2. The normalized spacial score (nSPS) is 24.5. The fraction of sp³-hybridized carbons (Fsp3) is 0.583. The highest BCUT2D eigenvalue weighted by Gasteiger charge is 2.28. The minimum absolute atomic E-state index is 0.380. The van der Waals surface area contributed by atoms with Crippen LogP contribution in [0.1, 0.15) is 31.3 Å². The topological polar surface area (TPSA) is 49.0 Å². The molecule has 1 aliphatic rings. The maximum Gasteiger partial charge on any atom is 0.203 e. The first-order valence-corrected chi connectivity index (χ1v) is 6.54. The Hall–Kier alpha value is -0.920. The van der Waals surface area contributed by atoms with Crippen molar-refractivity contribution in [3.05, 3.63) is 23.7 Å². The van der Waals surface area contributed by atoms with Crippen LogP contribution in [-0.4, -0.2) is 17.0 Å². The van der Waals surface area contributed by atoms with E-state index >= 15 is 0 Å². The fourth-order valence-electron chi connectivity index (χ4n) is 1.96. The molecule has 16 heavy (non-hydrogen) atoms. The summed E-state index contributed by atoms with van der Waals surface area (Å²) >= 11 is 2.04. The lowest BCUT2D eigenvalue weighted by Gasteiger charge is -2.22. The number of nitriles is 1. The van der Waals surface area contributed by atoms with E-state index in [4.69, 9.17) is 9.68 Å². The Morgan fingerprint density at radius 1 is 1.62 bits per heavy atom. The summed E-state index contributed by atoms with van der Waals surface area (Å²) in [5, 5.41) is 12.0. The lowest BCUT2D eigenvalue weighted by Crippen LogP contribution is -2.32. The maximum absolute atomic E-state index is 8.62. The standard InChI is InChI=1S/C12H16N2OS/c1-12(5-2-6-16-12)9-14-8-11-4-3-10(7-13)15-11/h3-4,14H,2,5-6,8-9H2,1H3. The van der Waals surface area contributed by atoms with Crippen LogP contribution in [0, 0.1) is 11.3 Å². The van der Waals surface area contributed by atoms with Gasteiger partial charge < -0.3 is 9.73 Å². The second-order valence-corrected chi connectivity index (χ2v) is 6.07. The zero-order chi connectivity index (χ0) is 11.4. The molecule has 2 heterocycles. The van der Waals surface area contributed by atoms with E-state index in [1.165, 1.54) is 18.6 Å². The molecule has 1 fully saturated rings. The summed E-state index contributed by atoms with van der Waals surface area (Å²) in [7, 11) is 0. The van der Waals surface area contributed by atoms with Crippen molar-refractivity contribution in [2.75, 3.05) is 12.3 Å². The molecular formula is C12H16N2OS. The minimum atomic E-state index is 0.380. The van der Waals surface area contributed by atoms with E-state index in [1.54, 1.807) is 6.07 Å². The average Bonchev–Trinajstić information content (AvgIpc) is 2.88. The van der Waals surface area contributed by atoms with Gasteiger partial charge in [0.25, 0.3) is 0 Å². The molecule has 1 N–H and O–H groups in total. The van der Waals surface area contributed by atoms with Crippen LogP contribution in [-0.2, 0) is 6.54 Å². The molecule has 0 saturated carbocycles. The second kappa shape index (κ2) is 4.94. The predicted molar refractivity (Wildman–Crippen MR) is 65.2 cm³/mol. The van der Waals surface area contributed by atoms with Crippen molar-refractivity contribution in [2.24, 2.45) is 0 Å². The van der Waals surface area contributed by atoms with Gasteiger partial charge in [0.2, 0.25) is 5.76 Å². The lowest BCUT2D eigenvalue weighted by atomic mass is 10.1. The summed E-state index contributed by atoms with van der Waals surface area (Å²) in [4.78, 5) is 0. The van der Waals surface area contributed by atoms with Gasteiger partial charge in [-0.3, -0.25) is 0 Å². The number of furan rings is 1. The quantitative estimate of drug-likeness (QED) is 0.872. The molecule has 1 aromatic rings. The van der Waals surface area contributed by atoms with Gasteiger partial charge >= 0.3 is 0 Å². The third kappa shape index (κ3) is 2.81. The Balaban J connectivity index is 1.77. The van der Waals surface area contributed by atoms with Crippen LogP contribution in [0.2, 0.25) is 0 Å². The Kier molecular flexibility index (Phi) is 3.57. The van der Waals surface area contributed by atoms with Crippen molar-refractivity contribution < 1.29 is 4.42 Å². The Labute approximate surface area is 100 Å². The molecule has 2 rings (SSSR count). The van der Waals surface area contributed by atoms with Crippen LogP contribution < -0.4 is 5.32 Å². The van der Waals surface area contributed by atoms with Gasteiger partial charge in [0.05, 0.1) is 6.54 Å². The first kappa shape index (κ1) is 11.6. The molecule has 4 heteroatoms. The maximum atomic E-state index is 8.62. The molecule has 3 nitrogen and oxygen atoms in total. The molecule has 1 unspecified atom stereocenters. The number of hydrogen-bond donors (Lipinski definition) is 1. The molecule has 0 bridgehead atoms. The molecule has 1 atom stereocenters. The summed E-state index contributed by atoms with van der Waals surface area (Å²) in [6, 6.07) is 5.56. The summed E-state index contributed by atoms with van der Waals surface area (Å²) in [6.07, 6.45) is 2.61. The van der Waals surface area contributed by atoms with Crippen molar-refractivity contribution in [1.29, 1.82) is 5.26 Å². The predicted octanol–water partition coefficient (Wildman–Crippen LogP) is 2.53. The van der Waals surface area contributed by atoms with Gasteiger partial charge in [0.1, 0.15) is 11.8 Å². The third-order valence-electron chi connectivity index (χ3n) is 2.87. The second-order valence-electron chi connectivity index (χ2n) is 4.38. The van der Waals surface area contributed by atoms with E-state index in [9.17, 15) is 0 Å². The molecule has 0 aliphatic carbocycles. The lowest BCUT2D eigenvalue weighted by molar-refractivity contribution is 0.457. The van der Waals surface area contributed by atoms with Crippen molar-refractivity contribution in [1.82, 2.24) is 5.32 Å². The van der Waals surface area contributed by atoms with Gasteiger partial charge in [-0.25, -0.2) is 0 Å². The van der Waals surface area contributed by atoms with E-state index in [2.05, 4.69) is 12.2 Å². The van der Waals surface area contributed by atoms with Crippen molar-refractivity contribution in [3.63, 3.8) is 0 Å². The molecule has 1 saturated heterocycles. The van der Waals surface area contributed by atoms with Crippen LogP contribution in [0.15, 0.2) is 16.5 Å². The highest BCUT2D eigenvalue weighted by Crippen LogP contribution is 2.36. The monoisotopic (exact) mass is 236 g/mol. The van der Waals surface area contributed by atoms with Gasteiger partial charge in [-0.1, -0.05) is 0 Å². The van der Waals surface area contributed by atoms with E-state index in [1.807, 2.05) is 23.9 Å². The van der Waals surface area contributed by atoms with Crippen LogP contribution in [0.25, 0.3) is 0 Å². The molecule has 0 spiro atoms. The van der Waals surface area contributed by atoms with Gasteiger partial charge in [-0.05, 0) is 37.7 Å².